The Hall–Kier alpha value is -2.64. The van der Waals surface area contributed by atoms with Crippen LogP contribution in [-0.4, -0.2) is 44.6 Å². The number of aromatic nitrogens is 3. The number of nitrogens with zero attached hydrogens (tertiary/aromatic N) is 4. The molecule has 1 atom stereocenters. The van der Waals surface area contributed by atoms with E-state index in [-0.39, 0.29) is 12.0 Å². The summed E-state index contributed by atoms with van der Waals surface area (Å²) in [7, 11) is 0. The third-order valence-corrected chi connectivity index (χ3v) is 6.22. The number of halogens is 1. The SMILES string of the molecule is Cc1nc2c3c(nn2c(C)c1Cl)CN(C(=O)c1ccccc1OC1CCNC1)C3. The van der Waals surface area contributed by atoms with Crippen LogP contribution >= 0.6 is 11.6 Å². The van der Waals surface area contributed by atoms with E-state index < -0.39 is 0 Å². The molecule has 1 N–H and O–H groups in total. The number of ether oxygens (including phenoxy) is 1. The predicted octanol–water partition coefficient (Wildman–Crippen LogP) is 2.90. The fourth-order valence-corrected chi connectivity index (χ4v) is 4.20. The minimum atomic E-state index is -0.0508. The van der Waals surface area contributed by atoms with E-state index in [2.05, 4.69) is 15.4 Å². The molecule has 29 heavy (non-hydrogen) atoms. The van der Waals surface area contributed by atoms with Crippen LogP contribution in [-0.2, 0) is 13.1 Å². The van der Waals surface area contributed by atoms with Crippen molar-refractivity contribution in [2.75, 3.05) is 13.1 Å². The molecule has 150 valence electrons. The van der Waals surface area contributed by atoms with Crippen molar-refractivity contribution < 1.29 is 9.53 Å². The maximum absolute atomic E-state index is 13.3. The number of hydrogen-bond acceptors (Lipinski definition) is 5. The van der Waals surface area contributed by atoms with Crippen LogP contribution in [0.3, 0.4) is 0 Å². The van der Waals surface area contributed by atoms with Crippen molar-refractivity contribution in [1.29, 1.82) is 0 Å². The number of nitrogens with one attached hydrogen (secondary N) is 1. The third kappa shape index (κ3) is 3.05. The number of carbonyl (C=O) groups excluding carboxylic acids is 1. The van der Waals surface area contributed by atoms with Gasteiger partial charge in [-0.2, -0.15) is 5.10 Å². The van der Waals surface area contributed by atoms with E-state index in [4.69, 9.17) is 16.3 Å². The lowest BCUT2D eigenvalue weighted by atomic mass is 10.1. The summed E-state index contributed by atoms with van der Waals surface area (Å²) in [6, 6.07) is 7.47. The number of hydrogen-bond donors (Lipinski definition) is 1. The second-order valence-corrected chi connectivity index (χ2v) is 8.03. The first-order chi connectivity index (χ1) is 14.0. The molecule has 2 aliphatic heterocycles. The van der Waals surface area contributed by atoms with Crippen molar-refractivity contribution >= 4 is 23.2 Å². The monoisotopic (exact) mass is 411 g/mol. The Labute approximate surface area is 173 Å². The van der Waals surface area contributed by atoms with Gasteiger partial charge in [0.1, 0.15) is 11.9 Å². The maximum Gasteiger partial charge on any atom is 0.258 e. The zero-order valence-electron chi connectivity index (χ0n) is 16.4. The van der Waals surface area contributed by atoms with Crippen molar-refractivity contribution in [2.24, 2.45) is 0 Å². The molecule has 0 saturated carbocycles. The predicted molar refractivity (Wildman–Crippen MR) is 109 cm³/mol. The van der Waals surface area contributed by atoms with Gasteiger partial charge in [-0.15, -0.1) is 0 Å². The Bertz CT molecular complexity index is 1120. The largest absolute Gasteiger partial charge is 0.488 e. The molecule has 0 bridgehead atoms. The van der Waals surface area contributed by atoms with Gasteiger partial charge in [0.25, 0.3) is 5.91 Å². The number of fused-ring (bicyclic) bond motifs is 3. The fourth-order valence-electron chi connectivity index (χ4n) is 4.08. The molecule has 1 saturated heterocycles. The normalized spacial score (nSPS) is 18.4. The van der Waals surface area contributed by atoms with Crippen molar-refractivity contribution in [2.45, 2.75) is 39.5 Å². The number of carbonyl (C=O) groups is 1. The second kappa shape index (κ2) is 7.00. The van der Waals surface area contributed by atoms with Crippen LogP contribution in [0, 0.1) is 13.8 Å². The van der Waals surface area contributed by atoms with Crippen LogP contribution in [0.25, 0.3) is 5.65 Å². The first-order valence-electron chi connectivity index (χ1n) is 9.82. The lowest BCUT2D eigenvalue weighted by Crippen LogP contribution is -2.27. The highest BCUT2D eigenvalue weighted by atomic mass is 35.5. The van der Waals surface area contributed by atoms with Crippen molar-refractivity contribution in [3.05, 3.63) is 57.5 Å². The Morgan fingerprint density at radius 3 is 2.90 bits per heavy atom. The smallest absolute Gasteiger partial charge is 0.258 e. The average molecular weight is 412 g/mol. The lowest BCUT2D eigenvalue weighted by molar-refractivity contribution is 0.0743. The Kier molecular flexibility index (Phi) is 4.44. The summed E-state index contributed by atoms with van der Waals surface area (Å²) in [4.78, 5) is 19.7. The summed E-state index contributed by atoms with van der Waals surface area (Å²) < 4.78 is 7.89. The van der Waals surface area contributed by atoms with Crippen LogP contribution in [0.5, 0.6) is 5.75 Å². The van der Waals surface area contributed by atoms with Gasteiger partial charge in [-0.25, -0.2) is 9.50 Å². The van der Waals surface area contributed by atoms with Crippen LogP contribution in [0.15, 0.2) is 24.3 Å². The summed E-state index contributed by atoms with van der Waals surface area (Å²) in [5.41, 5.74) is 4.85. The van der Waals surface area contributed by atoms with Gasteiger partial charge in [-0.1, -0.05) is 23.7 Å². The molecular weight excluding hydrogens is 390 g/mol. The van der Waals surface area contributed by atoms with E-state index in [0.717, 1.165) is 47.8 Å². The van der Waals surface area contributed by atoms with E-state index in [1.165, 1.54) is 0 Å². The van der Waals surface area contributed by atoms with Gasteiger partial charge < -0.3 is 15.0 Å². The number of benzene rings is 1. The van der Waals surface area contributed by atoms with Crippen molar-refractivity contribution in [3.63, 3.8) is 0 Å². The highest BCUT2D eigenvalue weighted by molar-refractivity contribution is 6.31. The number of rotatable bonds is 3. The number of para-hydroxylation sites is 1. The molecule has 1 amide bonds. The van der Waals surface area contributed by atoms with Gasteiger partial charge in [0.15, 0.2) is 5.65 Å². The molecule has 2 aliphatic rings. The molecule has 3 aromatic rings. The van der Waals surface area contributed by atoms with Crippen molar-refractivity contribution in [3.8, 4) is 5.75 Å². The summed E-state index contributed by atoms with van der Waals surface area (Å²) in [5, 5.41) is 8.57. The first kappa shape index (κ1) is 18.4. The fraction of sp³-hybridized carbons (Fsp3) is 0.381. The molecule has 1 fully saturated rings. The van der Waals surface area contributed by atoms with Crippen molar-refractivity contribution in [1.82, 2.24) is 24.8 Å². The van der Waals surface area contributed by atoms with E-state index in [0.29, 0.717) is 29.4 Å². The molecule has 0 spiro atoms. The van der Waals surface area contributed by atoms with Gasteiger partial charge in [0.2, 0.25) is 0 Å². The Balaban J connectivity index is 1.43. The number of amides is 1. The summed E-state index contributed by atoms with van der Waals surface area (Å²) in [5.74, 6) is 0.590. The minimum absolute atomic E-state index is 0.0508. The van der Waals surface area contributed by atoms with Gasteiger partial charge in [0, 0.05) is 12.1 Å². The Morgan fingerprint density at radius 2 is 2.10 bits per heavy atom. The van der Waals surface area contributed by atoms with Crippen LogP contribution in [0.2, 0.25) is 5.02 Å². The average Bonchev–Trinajstić information content (AvgIpc) is 3.44. The van der Waals surface area contributed by atoms with Gasteiger partial charge in [-0.05, 0) is 38.9 Å². The van der Waals surface area contributed by atoms with E-state index >= 15 is 0 Å². The third-order valence-electron chi connectivity index (χ3n) is 5.67. The van der Waals surface area contributed by atoms with Crippen LogP contribution in [0.1, 0.15) is 39.4 Å². The minimum Gasteiger partial charge on any atom is -0.488 e. The quantitative estimate of drug-likeness (QED) is 0.717. The summed E-state index contributed by atoms with van der Waals surface area (Å²) >= 11 is 6.32. The van der Waals surface area contributed by atoms with Crippen LogP contribution in [0.4, 0.5) is 0 Å². The molecule has 8 heteroatoms. The van der Waals surface area contributed by atoms with E-state index in [9.17, 15) is 4.79 Å². The molecule has 1 aromatic carbocycles. The standard InChI is InChI=1S/C21H22ClN5O2/c1-12-19(22)13(2)27-20(24-12)16-10-26(11-17(16)25-27)21(28)15-5-3-4-6-18(15)29-14-7-8-23-9-14/h3-6,14,23H,7-11H2,1-2H3. The highest BCUT2D eigenvalue weighted by Gasteiger charge is 2.32. The molecule has 4 heterocycles. The molecule has 0 aliphatic carbocycles. The highest BCUT2D eigenvalue weighted by Crippen LogP contribution is 2.31. The van der Waals surface area contributed by atoms with Gasteiger partial charge in [0.05, 0.1) is 40.8 Å². The molecular formula is C21H22ClN5O2. The van der Waals surface area contributed by atoms with Crippen LogP contribution < -0.4 is 10.1 Å². The zero-order valence-corrected chi connectivity index (χ0v) is 17.2. The van der Waals surface area contributed by atoms with Gasteiger partial charge in [-0.3, -0.25) is 4.79 Å². The zero-order chi connectivity index (χ0) is 20.1. The lowest BCUT2D eigenvalue weighted by Gasteiger charge is -2.20. The molecule has 0 radical (unpaired) electrons. The van der Waals surface area contributed by atoms with E-state index in [1.54, 1.807) is 9.42 Å². The molecule has 5 rings (SSSR count). The Morgan fingerprint density at radius 1 is 1.28 bits per heavy atom. The maximum atomic E-state index is 13.3. The topological polar surface area (TPSA) is 71.8 Å². The molecule has 7 nitrogen and oxygen atoms in total. The number of aryl methyl sites for hydroxylation is 2. The molecule has 1 unspecified atom stereocenters. The summed E-state index contributed by atoms with van der Waals surface area (Å²) in [6.07, 6.45) is 1.05. The second-order valence-electron chi connectivity index (χ2n) is 7.65. The summed E-state index contributed by atoms with van der Waals surface area (Å²) in [6.45, 7) is 6.50. The van der Waals surface area contributed by atoms with Gasteiger partial charge >= 0.3 is 0 Å². The molecule has 2 aromatic heterocycles. The first-order valence-corrected chi connectivity index (χ1v) is 10.2. The van der Waals surface area contributed by atoms with E-state index in [1.807, 2.05) is 38.1 Å².